The van der Waals surface area contributed by atoms with Crippen LogP contribution in [0.1, 0.15) is 12.5 Å². The molecule has 0 amide bonds. The minimum atomic E-state index is -5.49. The van der Waals surface area contributed by atoms with E-state index in [9.17, 15) is 68.0 Å². The summed E-state index contributed by atoms with van der Waals surface area (Å²) in [6, 6.07) is 0. The molecule has 6 heterocycles. The highest BCUT2D eigenvalue weighted by Crippen LogP contribution is 2.51. The Morgan fingerprint density at radius 2 is 0.918 bits per heavy atom. The molecule has 4 aromatic rings. The van der Waals surface area contributed by atoms with Gasteiger partial charge in [0.2, 0.25) is 0 Å². The van der Waals surface area contributed by atoms with Crippen LogP contribution >= 0.6 is 31.3 Å². The Morgan fingerprint density at radius 1 is 0.557 bits per heavy atom. The molecule has 61 heavy (non-hydrogen) atoms. The van der Waals surface area contributed by atoms with Gasteiger partial charge in [-0.15, -0.1) is 0 Å². The van der Waals surface area contributed by atoms with E-state index in [1.165, 1.54) is 21.8 Å². The Bertz CT molecular complexity index is 2220. The third-order valence-electron chi connectivity index (χ3n) is 8.95. The maximum absolute atomic E-state index is 13.1. The number of nitrogens with two attached hydrogens (primary N) is 2. The summed E-state index contributed by atoms with van der Waals surface area (Å²) in [5.41, 5.74) is 9.40. The number of ether oxygens (including phenoxy) is 2. The Morgan fingerprint density at radius 3 is 1.28 bits per heavy atom. The number of anilines is 2. The minimum absolute atomic E-state index is 0.0139. The number of aliphatic hydroxyl groups is 4. The van der Waals surface area contributed by atoms with Crippen LogP contribution in [0.5, 0.6) is 0 Å². The lowest BCUT2D eigenvalue weighted by Crippen LogP contribution is -2.41. The smallest absolute Gasteiger partial charge is 0.387 e. The van der Waals surface area contributed by atoms with E-state index in [2.05, 4.69) is 39.0 Å². The fourth-order valence-corrected chi connectivity index (χ4v) is 8.42. The number of imidazole rings is 2. The van der Waals surface area contributed by atoms with Gasteiger partial charge in [0.25, 0.3) is 0 Å². The first-order chi connectivity index (χ1) is 28.4. The van der Waals surface area contributed by atoms with Crippen molar-refractivity contribution >= 4 is 65.3 Å². The van der Waals surface area contributed by atoms with E-state index in [4.69, 9.17) is 39.0 Å². The quantitative estimate of drug-likeness (QED) is 0.0383. The van der Waals surface area contributed by atoms with Crippen molar-refractivity contribution in [2.24, 2.45) is 5.41 Å². The molecule has 0 aromatic carbocycles. The van der Waals surface area contributed by atoms with Gasteiger partial charge in [-0.05, 0) is 0 Å². The highest BCUT2D eigenvalue weighted by atomic mass is 31.2. The average molecular weight is 955 g/mol. The van der Waals surface area contributed by atoms with Gasteiger partial charge in [0.05, 0.1) is 57.7 Å². The van der Waals surface area contributed by atoms with E-state index in [0.717, 1.165) is 12.7 Å². The molecule has 10 atom stereocenters. The molecule has 4 unspecified atom stereocenters. The largest absolute Gasteiger partial charge is 0.472 e. The lowest BCUT2D eigenvalue weighted by atomic mass is 9.93. The van der Waals surface area contributed by atoms with E-state index < -0.39 is 125 Å². The summed E-state index contributed by atoms with van der Waals surface area (Å²) in [4.78, 5) is 82.3. The van der Waals surface area contributed by atoms with Crippen LogP contribution in [0.25, 0.3) is 22.3 Å². The molecule has 0 aliphatic carbocycles. The van der Waals surface area contributed by atoms with Crippen molar-refractivity contribution in [2.45, 2.75) is 49.1 Å². The van der Waals surface area contributed by atoms with Gasteiger partial charge in [0, 0.05) is 0 Å². The number of fused-ring (bicyclic) bond motifs is 2. The van der Waals surface area contributed by atoms with Gasteiger partial charge in [0.1, 0.15) is 60.3 Å². The zero-order valence-electron chi connectivity index (χ0n) is 30.6. The third-order valence-corrected chi connectivity index (χ3v) is 11.7. The number of aliphatic hydroxyl groups excluding tert-OH is 4. The maximum atomic E-state index is 13.1. The summed E-state index contributed by atoms with van der Waals surface area (Å²) in [6.45, 7) is -7.64. The number of nitrogens with zero attached hydrogens (tertiary/aromatic N) is 8. The molecule has 0 radical (unpaired) electrons. The highest BCUT2D eigenvalue weighted by molar-refractivity contribution is 7.47. The summed E-state index contributed by atoms with van der Waals surface area (Å²) in [6.07, 6.45) is -8.29. The summed E-state index contributed by atoms with van der Waals surface area (Å²) in [5.74, 6) is -0.0277. The molecule has 2 saturated heterocycles. The van der Waals surface area contributed by atoms with Crippen LogP contribution in [0.15, 0.2) is 25.3 Å². The van der Waals surface area contributed by atoms with Crippen LogP contribution in [0.3, 0.4) is 0 Å². The molecule has 0 saturated carbocycles. The summed E-state index contributed by atoms with van der Waals surface area (Å²) >= 11 is 0. The van der Waals surface area contributed by atoms with E-state index in [1.807, 2.05) is 0 Å². The molecule has 36 heteroatoms. The predicted molar refractivity (Wildman–Crippen MR) is 193 cm³/mol. The standard InChI is InChI=1S/C25H38N10O22P4/c26-19-13-21(30-7-28-19)34(9-32-13)23-17(38)15(36)11(56-23)1-50-60(46,47)54-5-25(3-52-58(40,41)42,4-53-59(43,44)45)6-55-61(48,49)51-2-12-16(37)18(39)24(57-12)35-10-33-14-20(27)29-8-31-22(14)35/h7-12,15-18,23-24,36-39H,1-6H2,(H,46,47)(H,48,49)(H2,26,28,30)(H2,27,29,31)(H2,40,41,42)(H2,43,44,45)/t11-,12?,15-,16-,17-,18-,23?,24-/m1/s1. The molecular formula is C25H38N10O22P4. The first kappa shape index (κ1) is 47.4. The average Bonchev–Trinajstić information content (AvgIpc) is 3.94. The lowest BCUT2D eigenvalue weighted by molar-refractivity contribution is -0.0609. The van der Waals surface area contributed by atoms with Gasteiger partial charge >= 0.3 is 31.3 Å². The van der Waals surface area contributed by atoms with Gasteiger partial charge in [-0.1, -0.05) is 0 Å². The third kappa shape index (κ3) is 11.4. The van der Waals surface area contributed by atoms with Crippen LogP contribution in [0.4, 0.5) is 11.6 Å². The van der Waals surface area contributed by atoms with E-state index >= 15 is 0 Å². The van der Waals surface area contributed by atoms with Crippen LogP contribution in [-0.4, -0.2) is 165 Å². The first-order valence-corrected chi connectivity index (χ1v) is 23.0. The molecule has 340 valence electrons. The van der Waals surface area contributed by atoms with E-state index in [-0.39, 0.29) is 34.0 Å². The van der Waals surface area contributed by atoms with Crippen LogP contribution < -0.4 is 11.5 Å². The second kappa shape index (κ2) is 18.2. The van der Waals surface area contributed by atoms with Crippen LogP contribution in [0, 0.1) is 5.41 Å². The predicted octanol–water partition coefficient (Wildman–Crippen LogP) is -3.46. The van der Waals surface area contributed by atoms with Gasteiger partial charge in [-0.25, -0.2) is 48.2 Å². The molecular weight excluding hydrogens is 916 g/mol. The maximum Gasteiger partial charge on any atom is 0.472 e. The SMILES string of the molecule is Nc1ncnc2c1ncn2C1O[C@H](COP(=O)(O)OCC(COP(=O)(O)O)(COP(=O)(O)O)COP(=O)(O)OCC2O[C@@H](n3cnc4c(N)ncnc43)[C@H](O)[C@@H]2O)[C@@H](O)[C@H]1O. The van der Waals surface area contributed by atoms with Crippen LogP contribution in [0.2, 0.25) is 0 Å². The molecule has 14 N–H and O–H groups in total. The molecule has 6 rings (SSSR count). The van der Waals surface area contributed by atoms with Gasteiger partial charge in [0.15, 0.2) is 35.4 Å². The molecule has 0 bridgehead atoms. The zero-order chi connectivity index (χ0) is 44.7. The normalized spacial score (nSPS) is 27.2. The Labute approximate surface area is 339 Å². The second-order valence-corrected chi connectivity index (χ2v) is 18.7. The van der Waals surface area contributed by atoms with Crippen molar-refractivity contribution in [1.29, 1.82) is 0 Å². The Balaban J connectivity index is 1.12. The van der Waals surface area contributed by atoms with Crippen LogP contribution in [-0.2, 0) is 54.9 Å². The van der Waals surface area contributed by atoms with Crippen molar-refractivity contribution in [1.82, 2.24) is 39.0 Å². The number of phosphoric acid groups is 4. The monoisotopic (exact) mass is 954 g/mol. The molecule has 32 nitrogen and oxygen atoms in total. The molecule has 2 aliphatic heterocycles. The minimum Gasteiger partial charge on any atom is -0.387 e. The zero-order valence-corrected chi connectivity index (χ0v) is 34.1. The molecule has 4 aromatic heterocycles. The molecule has 2 fully saturated rings. The van der Waals surface area contributed by atoms with Crippen molar-refractivity contribution in [3.8, 4) is 0 Å². The fourth-order valence-electron chi connectivity index (χ4n) is 5.84. The topological polar surface area (TPSA) is 484 Å². The first-order valence-electron chi connectivity index (χ1n) is 16.9. The van der Waals surface area contributed by atoms with Crippen molar-refractivity contribution in [2.75, 3.05) is 51.1 Å². The summed E-state index contributed by atoms with van der Waals surface area (Å²) < 4.78 is 91.6. The molecule has 2 aliphatic rings. The number of phosphoric ester groups is 4. The summed E-state index contributed by atoms with van der Waals surface area (Å²) in [7, 11) is -21.8. The second-order valence-electron chi connectivity index (χ2n) is 13.4. The lowest BCUT2D eigenvalue weighted by Gasteiger charge is -2.33. The number of rotatable bonds is 20. The van der Waals surface area contributed by atoms with Gasteiger partial charge in [-0.2, -0.15) is 0 Å². The Kier molecular flexibility index (Phi) is 14.1. The molecule has 0 spiro atoms. The Hall–Kier alpha value is -3.10. The van der Waals surface area contributed by atoms with Crippen molar-refractivity contribution in [3.05, 3.63) is 25.3 Å². The fraction of sp³-hybridized carbons (Fsp3) is 0.600. The summed E-state index contributed by atoms with van der Waals surface area (Å²) in [5, 5.41) is 42.6. The highest BCUT2D eigenvalue weighted by Gasteiger charge is 2.48. The van der Waals surface area contributed by atoms with Crippen molar-refractivity contribution in [3.63, 3.8) is 0 Å². The van der Waals surface area contributed by atoms with E-state index in [1.54, 1.807) is 0 Å². The number of aromatic nitrogens is 8. The number of hydrogen-bond acceptors (Lipinski definition) is 24. The van der Waals surface area contributed by atoms with E-state index in [0.29, 0.717) is 0 Å². The van der Waals surface area contributed by atoms with Gasteiger partial charge < -0.3 is 70.7 Å². The number of hydrogen-bond donors (Lipinski definition) is 12. The van der Waals surface area contributed by atoms with Crippen molar-refractivity contribution < 1.29 is 105 Å². The number of nitrogen functional groups attached to an aromatic ring is 2. The van der Waals surface area contributed by atoms with Gasteiger partial charge in [-0.3, -0.25) is 36.3 Å².